The fourth-order valence-electron chi connectivity index (χ4n) is 6.18. The second kappa shape index (κ2) is 16.0. The van der Waals surface area contributed by atoms with Gasteiger partial charge in [-0.2, -0.15) is 0 Å². The molecule has 0 fully saturated rings. The number of rotatable bonds is 5. The molecule has 12 nitrogen and oxygen atoms in total. The Labute approximate surface area is 286 Å². The van der Waals surface area contributed by atoms with Crippen LogP contribution in [0, 0.1) is 11.8 Å². The molecule has 0 aliphatic carbocycles. The van der Waals surface area contributed by atoms with Crippen LogP contribution in [0.3, 0.4) is 0 Å². The predicted molar refractivity (Wildman–Crippen MR) is 185 cm³/mol. The Morgan fingerprint density at radius 1 is 0.980 bits per heavy atom. The van der Waals surface area contributed by atoms with Gasteiger partial charge >= 0.3 is 5.97 Å². The highest BCUT2D eigenvalue weighted by Crippen LogP contribution is 2.26. The van der Waals surface area contributed by atoms with Crippen LogP contribution in [0.15, 0.2) is 66.4 Å². The van der Waals surface area contributed by atoms with Gasteiger partial charge in [-0.3, -0.25) is 19.2 Å². The fourth-order valence-corrected chi connectivity index (χ4v) is 6.18. The summed E-state index contributed by atoms with van der Waals surface area (Å²) >= 11 is 0. The van der Waals surface area contributed by atoms with E-state index in [4.69, 9.17) is 15.2 Å². The summed E-state index contributed by atoms with van der Waals surface area (Å²) < 4.78 is 11.6. The Bertz CT molecular complexity index is 1720. The lowest BCUT2D eigenvalue weighted by Gasteiger charge is -2.33. The number of aromatic amines is 1. The van der Waals surface area contributed by atoms with Crippen molar-refractivity contribution in [3.05, 3.63) is 83.1 Å². The second-order valence-electron chi connectivity index (χ2n) is 13.0. The molecule has 1 aromatic heterocycles. The van der Waals surface area contributed by atoms with Crippen molar-refractivity contribution < 1.29 is 33.4 Å². The van der Waals surface area contributed by atoms with Crippen molar-refractivity contribution in [2.24, 2.45) is 17.6 Å². The molecule has 0 bridgehead atoms. The predicted octanol–water partition coefficient (Wildman–Crippen LogP) is 3.57. The molecule has 0 saturated heterocycles. The van der Waals surface area contributed by atoms with E-state index in [9.17, 15) is 24.0 Å². The summed E-state index contributed by atoms with van der Waals surface area (Å²) in [5, 5.41) is 6.67. The molecule has 2 aromatic carbocycles. The zero-order chi connectivity index (χ0) is 36.0. The van der Waals surface area contributed by atoms with E-state index in [2.05, 4.69) is 15.6 Å². The third-order valence-electron chi connectivity index (χ3n) is 9.24. The third-order valence-corrected chi connectivity index (χ3v) is 9.24. The van der Waals surface area contributed by atoms with Crippen LogP contribution in [0.25, 0.3) is 10.9 Å². The SMILES string of the molecule is CO[C@@H]1C(=O)O[C@H](C)[C@H](C)/C=C(\C)C[C@H](C)C(=O)N[C@@H](C)C(=O)N(C)[C@H](Cc2c[nH]c3ccccc23)C(=O)N[C@H]1c1ccc(C(N)=O)cc1. The van der Waals surface area contributed by atoms with Gasteiger partial charge in [-0.25, -0.2) is 4.79 Å². The lowest BCUT2D eigenvalue weighted by Crippen LogP contribution is -2.56. The number of nitrogens with zero attached hydrogens (tertiary/aromatic N) is 1. The van der Waals surface area contributed by atoms with Gasteiger partial charge in [0.2, 0.25) is 23.6 Å². The molecule has 262 valence electrons. The number of nitrogens with one attached hydrogen (secondary N) is 3. The highest BCUT2D eigenvalue weighted by Gasteiger charge is 2.38. The number of H-pyrrole nitrogens is 1. The molecule has 0 saturated carbocycles. The van der Waals surface area contributed by atoms with Crippen molar-refractivity contribution >= 4 is 40.5 Å². The number of nitrogens with two attached hydrogens (primary N) is 1. The van der Waals surface area contributed by atoms with Gasteiger partial charge in [0.05, 0.1) is 6.04 Å². The van der Waals surface area contributed by atoms with Crippen LogP contribution in [-0.4, -0.2) is 77.9 Å². The molecular weight excluding hydrogens is 626 g/mol. The van der Waals surface area contributed by atoms with Crippen molar-refractivity contribution in [2.45, 2.75) is 77.8 Å². The van der Waals surface area contributed by atoms with Crippen LogP contribution in [0.5, 0.6) is 0 Å². The number of para-hydroxylation sites is 1. The zero-order valence-corrected chi connectivity index (χ0v) is 29.1. The summed E-state index contributed by atoms with van der Waals surface area (Å²) in [5.74, 6) is -3.34. The second-order valence-corrected chi connectivity index (χ2v) is 13.0. The average molecular weight is 674 g/mol. The molecular formula is C37H47N5O7. The number of benzene rings is 2. The molecule has 5 N–H and O–H groups in total. The highest BCUT2D eigenvalue weighted by atomic mass is 16.6. The number of carbonyl (C=O) groups excluding carboxylic acids is 5. The number of amides is 4. The largest absolute Gasteiger partial charge is 0.460 e. The van der Waals surface area contributed by atoms with E-state index < -0.39 is 59.9 Å². The first kappa shape index (κ1) is 36.9. The van der Waals surface area contributed by atoms with Crippen LogP contribution in [0.1, 0.15) is 68.6 Å². The van der Waals surface area contributed by atoms with Crippen molar-refractivity contribution in [3.8, 4) is 0 Å². The van der Waals surface area contributed by atoms with Gasteiger partial charge in [-0.1, -0.05) is 55.8 Å². The van der Waals surface area contributed by atoms with Gasteiger partial charge in [0.1, 0.15) is 18.2 Å². The van der Waals surface area contributed by atoms with E-state index in [-0.39, 0.29) is 23.8 Å². The average Bonchev–Trinajstić information content (AvgIpc) is 3.48. The van der Waals surface area contributed by atoms with Gasteiger partial charge in [0.25, 0.3) is 0 Å². The normalized spacial score (nSPS) is 27.7. The Hall–Kier alpha value is -4.97. The van der Waals surface area contributed by atoms with Gasteiger partial charge < -0.3 is 35.7 Å². The number of methoxy groups -OCH3 is 1. The van der Waals surface area contributed by atoms with Crippen molar-refractivity contribution in [3.63, 3.8) is 0 Å². The molecule has 1 aliphatic rings. The Morgan fingerprint density at radius 3 is 2.31 bits per heavy atom. The van der Waals surface area contributed by atoms with Crippen molar-refractivity contribution in [1.29, 1.82) is 0 Å². The van der Waals surface area contributed by atoms with E-state index in [1.54, 1.807) is 39.1 Å². The topological polar surface area (TPSA) is 173 Å². The molecule has 7 atom stereocenters. The molecule has 0 spiro atoms. The molecule has 4 rings (SSSR count). The number of aromatic nitrogens is 1. The van der Waals surface area contributed by atoms with Crippen LogP contribution >= 0.6 is 0 Å². The quantitative estimate of drug-likeness (QED) is 0.237. The number of ether oxygens (including phenoxy) is 2. The molecule has 0 radical (unpaired) electrons. The van der Waals surface area contributed by atoms with E-state index in [1.807, 2.05) is 44.2 Å². The minimum Gasteiger partial charge on any atom is -0.460 e. The summed E-state index contributed by atoms with van der Waals surface area (Å²) in [6.45, 7) is 8.95. The number of fused-ring (bicyclic) bond motifs is 1. The van der Waals surface area contributed by atoms with Gasteiger partial charge in [-0.15, -0.1) is 0 Å². The molecule has 12 heteroatoms. The van der Waals surface area contributed by atoms with Gasteiger partial charge in [0.15, 0.2) is 6.10 Å². The Balaban J connectivity index is 1.81. The van der Waals surface area contributed by atoms with Crippen molar-refractivity contribution in [2.75, 3.05) is 14.2 Å². The first-order chi connectivity index (χ1) is 23.2. The minimum absolute atomic E-state index is 0.114. The van der Waals surface area contributed by atoms with Crippen LogP contribution in [0.4, 0.5) is 0 Å². The zero-order valence-electron chi connectivity index (χ0n) is 29.1. The molecule has 4 amide bonds. The minimum atomic E-state index is -1.30. The van der Waals surface area contributed by atoms with Gasteiger partial charge in [-0.05, 0) is 56.5 Å². The lowest BCUT2D eigenvalue weighted by molar-refractivity contribution is -0.164. The molecule has 1 aliphatic heterocycles. The smallest absolute Gasteiger partial charge is 0.338 e. The molecule has 3 aromatic rings. The monoisotopic (exact) mass is 673 g/mol. The van der Waals surface area contributed by atoms with E-state index in [1.165, 1.54) is 31.2 Å². The number of cyclic esters (lactones) is 1. The summed E-state index contributed by atoms with van der Waals surface area (Å²) in [6, 6.07) is 10.7. The number of likely N-dealkylation sites (N-methyl/N-ethyl adjacent to an activating group) is 1. The number of carbonyl (C=O) groups is 5. The summed E-state index contributed by atoms with van der Waals surface area (Å²) in [5.41, 5.74) is 8.73. The Morgan fingerprint density at radius 2 is 1.65 bits per heavy atom. The van der Waals surface area contributed by atoms with Gasteiger partial charge in [0, 0.05) is 55.1 Å². The summed E-state index contributed by atoms with van der Waals surface area (Å²) in [4.78, 5) is 71.6. The third kappa shape index (κ3) is 8.74. The number of allylic oxidation sites excluding steroid dienone is 1. The summed E-state index contributed by atoms with van der Waals surface area (Å²) in [6.07, 6.45) is 2.42. The molecule has 2 heterocycles. The van der Waals surface area contributed by atoms with E-state index in [0.29, 0.717) is 12.0 Å². The van der Waals surface area contributed by atoms with Crippen molar-refractivity contribution in [1.82, 2.24) is 20.5 Å². The standard InChI is InChI=1S/C37H47N5O7/c1-20-16-21(2)24(5)49-37(47)32(48-7)31(25-12-14-26(15-13-25)33(38)43)41-35(45)30(18-27-19-39-29-11-9-8-10-28(27)29)42(6)36(46)23(4)40-34(44)22(3)17-20/h8-16,19,21-24,30-32,39H,17-18H2,1-7H3,(H2,38,43)(H,40,44)(H,41,45)/b20-16+/t21-,22+,23+,24-,30-,31+,32+/m1/s1. The van der Waals surface area contributed by atoms with Crippen LogP contribution in [-0.2, 0) is 35.1 Å². The van der Waals surface area contributed by atoms with Crippen LogP contribution in [0.2, 0.25) is 0 Å². The van der Waals surface area contributed by atoms with E-state index >= 15 is 0 Å². The lowest BCUT2D eigenvalue weighted by atomic mass is 9.95. The molecule has 0 unspecified atom stereocenters. The highest BCUT2D eigenvalue weighted by molar-refractivity contribution is 5.94. The molecule has 49 heavy (non-hydrogen) atoms. The first-order valence-corrected chi connectivity index (χ1v) is 16.4. The number of hydrogen-bond acceptors (Lipinski definition) is 7. The maximum absolute atomic E-state index is 14.4. The number of esters is 1. The first-order valence-electron chi connectivity index (χ1n) is 16.4. The fraction of sp³-hybridized carbons (Fsp3) is 0.432. The van der Waals surface area contributed by atoms with E-state index in [0.717, 1.165) is 22.0 Å². The maximum Gasteiger partial charge on any atom is 0.338 e. The number of primary amides is 1. The maximum atomic E-state index is 14.4. The Kier molecular flexibility index (Phi) is 12.0. The van der Waals surface area contributed by atoms with Crippen LogP contribution < -0.4 is 16.4 Å². The number of hydrogen-bond donors (Lipinski definition) is 4. The summed E-state index contributed by atoms with van der Waals surface area (Å²) in [7, 11) is 2.86.